The zero-order valence-electron chi connectivity index (χ0n) is 11.5. The predicted octanol–water partition coefficient (Wildman–Crippen LogP) is 2.02. The van der Waals surface area contributed by atoms with E-state index in [1.165, 1.54) is 0 Å². The van der Waals surface area contributed by atoms with Gasteiger partial charge in [0.05, 0.1) is 12.2 Å². The van der Waals surface area contributed by atoms with Gasteiger partial charge in [-0.2, -0.15) is 0 Å². The lowest BCUT2D eigenvalue weighted by Crippen LogP contribution is -2.33. The van der Waals surface area contributed by atoms with E-state index in [9.17, 15) is 9.90 Å². The third-order valence-corrected chi connectivity index (χ3v) is 3.11. The Balaban J connectivity index is 2.20. The second-order valence-corrected chi connectivity index (χ2v) is 4.57. The van der Waals surface area contributed by atoms with Crippen LogP contribution in [0.4, 0.5) is 0 Å². The lowest BCUT2D eigenvalue weighted by atomic mass is 10.1. The molecule has 1 amide bonds. The van der Waals surface area contributed by atoms with E-state index >= 15 is 0 Å². The van der Waals surface area contributed by atoms with Crippen molar-refractivity contribution in [3.63, 3.8) is 0 Å². The van der Waals surface area contributed by atoms with E-state index in [0.717, 1.165) is 5.56 Å². The molecular weight excluding hydrogens is 252 g/mol. The average Bonchev–Trinajstić information content (AvgIpc) is 2.48. The van der Waals surface area contributed by atoms with Crippen LogP contribution in [0.1, 0.15) is 21.6 Å². The van der Waals surface area contributed by atoms with Gasteiger partial charge in [-0.3, -0.25) is 9.78 Å². The first-order chi connectivity index (χ1) is 9.72. The summed E-state index contributed by atoms with van der Waals surface area (Å²) in [5.74, 6) is -0.103. The van der Waals surface area contributed by atoms with Gasteiger partial charge >= 0.3 is 0 Å². The van der Waals surface area contributed by atoms with Crippen LogP contribution < -0.4 is 0 Å². The number of aromatic nitrogens is 1. The SMILES string of the molecule is Cc1ncccc1C(=O)N(CCO)Cc1ccccc1. The highest BCUT2D eigenvalue weighted by atomic mass is 16.3. The van der Waals surface area contributed by atoms with Crippen molar-refractivity contribution in [2.75, 3.05) is 13.2 Å². The second kappa shape index (κ2) is 6.82. The molecule has 0 aliphatic heterocycles. The molecule has 2 rings (SSSR count). The van der Waals surface area contributed by atoms with Gasteiger partial charge in [-0.15, -0.1) is 0 Å². The van der Waals surface area contributed by atoms with Gasteiger partial charge in [0.25, 0.3) is 5.91 Å². The minimum absolute atomic E-state index is 0.0577. The van der Waals surface area contributed by atoms with E-state index in [-0.39, 0.29) is 12.5 Å². The van der Waals surface area contributed by atoms with E-state index in [4.69, 9.17) is 0 Å². The number of hydrogen-bond donors (Lipinski definition) is 1. The van der Waals surface area contributed by atoms with Crippen LogP contribution in [0.15, 0.2) is 48.7 Å². The standard InChI is InChI=1S/C16H18N2O2/c1-13-15(8-5-9-17-13)16(20)18(10-11-19)12-14-6-3-2-4-7-14/h2-9,19H,10-12H2,1H3. The first-order valence-electron chi connectivity index (χ1n) is 6.58. The predicted molar refractivity (Wildman–Crippen MR) is 77.2 cm³/mol. The van der Waals surface area contributed by atoms with Gasteiger partial charge in [0, 0.05) is 25.0 Å². The highest BCUT2D eigenvalue weighted by Gasteiger charge is 2.17. The molecule has 0 aliphatic rings. The maximum absolute atomic E-state index is 12.5. The fourth-order valence-electron chi connectivity index (χ4n) is 2.06. The third-order valence-electron chi connectivity index (χ3n) is 3.11. The summed E-state index contributed by atoms with van der Waals surface area (Å²) in [4.78, 5) is 18.3. The first-order valence-corrected chi connectivity index (χ1v) is 6.58. The van der Waals surface area contributed by atoms with Gasteiger partial charge in [-0.1, -0.05) is 30.3 Å². The number of carbonyl (C=O) groups excluding carboxylic acids is 1. The number of pyridine rings is 1. The Hall–Kier alpha value is -2.20. The highest BCUT2D eigenvalue weighted by Crippen LogP contribution is 2.11. The molecule has 0 radical (unpaired) electrons. The molecule has 1 aromatic carbocycles. The zero-order chi connectivity index (χ0) is 14.4. The molecule has 4 nitrogen and oxygen atoms in total. The number of benzene rings is 1. The van der Waals surface area contributed by atoms with E-state index < -0.39 is 0 Å². The number of hydrogen-bond acceptors (Lipinski definition) is 3. The van der Waals surface area contributed by atoms with E-state index in [1.54, 1.807) is 23.2 Å². The van der Waals surface area contributed by atoms with Crippen molar-refractivity contribution >= 4 is 5.91 Å². The molecule has 0 atom stereocenters. The largest absolute Gasteiger partial charge is 0.395 e. The Bertz CT molecular complexity index is 570. The quantitative estimate of drug-likeness (QED) is 0.904. The molecule has 1 heterocycles. The van der Waals surface area contributed by atoms with E-state index in [0.29, 0.717) is 24.3 Å². The molecular formula is C16H18N2O2. The monoisotopic (exact) mass is 270 g/mol. The summed E-state index contributed by atoms with van der Waals surface area (Å²) < 4.78 is 0. The number of nitrogens with zero attached hydrogens (tertiary/aromatic N) is 2. The van der Waals surface area contributed by atoms with Crippen molar-refractivity contribution < 1.29 is 9.90 Å². The zero-order valence-corrected chi connectivity index (χ0v) is 11.5. The Kier molecular flexibility index (Phi) is 4.85. The maximum atomic E-state index is 12.5. The van der Waals surface area contributed by atoms with Crippen molar-refractivity contribution in [1.29, 1.82) is 0 Å². The summed E-state index contributed by atoms with van der Waals surface area (Å²) in [6, 6.07) is 13.3. The van der Waals surface area contributed by atoms with Gasteiger partial charge in [-0.25, -0.2) is 0 Å². The van der Waals surface area contributed by atoms with Gasteiger partial charge in [0.15, 0.2) is 0 Å². The summed E-state index contributed by atoms with van der Waals surface area (Å²) in [5, 5.41) is 9.17. The molecule has 1 aromatic heterocycles. The average molecular weight is 270 g/mol. The molecule has 20 heavy (non-hydrogen) atoms. The topological polar surface area (TPSA) is 53.4 Å². The van der Waals surface area contributed by atoms with E-state index in [1.807, 2.05) is 37.3 Å². The molecule has 1 N–H and O–H groups in total. The number of aliphatic hydroxyl groups excluding tert-OH is 1. The van der Waals surface area contributed by atoms with Crippen LogP contribution in [0.3, 0.4) is 0 Å². The number of aliphatic hydroxyl groups is 1. The number of rotatable bonds is 5. The first kappa shape index (κ1) is 14.2. The Morgan fingerprint density at radius 1 is 1.20 bits per heavy atom. The lowest BCUT2D eigenvalue weighted by Gasteiger charge is -2.22. The Morgan fingerprint density at radius 2 is 1.95 bits per heavy atom. The van der Waals surface area contributed by atoms with Gasteiger partial charge < -0.3 is 10.0 Å². The second-order valence-electron chi connectivity index (χ2n) is 4.57. The number of amides is 1. The van der Waals surface area contributed by atoms with Crippen LogP contribution in [-0.2, 0) is 6.54 Å². The third kappa shape index (κ3) is 3.42. The summed E-state index contributed by atoms with van der Waals surface area (Å²) in [7, 11) is 0. The van der Waals surface area contributed by atoms with E-state index in [2.05, 4.69) is 4.98 Å². The Labute approximate surface area is 118 Å². The molecule has 0 spiro atoms. The molecule has 0 unspecified atom stereocenters. The number of aryl methyl sites for hydroxylation is 1. The smallest absolute Gasteiger partial charge is 0.256 e. The van der Waals surface area contributed by atoms with Gasteiger partial charge in [-0.05, 0) is 24.6 Å². The Morgan fingerprint density at radius 3 is 2.60 bits per heavy atom. The molecule has 2 aromatic rings. The van der Waals surface area contributed by atoms with Crippen LogP contribution in [0.25, 0.3) is 0 Å². The minimum atomic E-state index is -0.103. The van der Waals surface area contributed by atoms with Crippen molar-refractivity contribution in [2.24, 2.45) is 0 Å². The van der Waals surface area contributed by atoms with Crippen molar-refractivity contribution in [3.8, 4) is 0 Å². The summed E-state index contributed by atoms with van der Waals surface area (Å²) in [6.07, 6.45) is 1.67. The summed E-state index contributed by atoms with van der Waals surface area (Å²) in [6.45, 7) is 2.54. The number of carbonyl (C=O) groups is 1. The molecule has 4 heteroatoms. The molecule has 0 fully saturated rings. The fraction of sp³-hybridized carbons (Fsp3) is 0.250. The summed E-state index contributed by atoms with van der Waals surface area (Å²) >= 11 is 0. The van der Waals surface area contributed by atoms with Gasteiger partial charge in [0.1, 0.15) is 0 Å². The van der Waals surface area contributed by atoms with Crippen LogP contribution in [0, 0.1) is 6.92 Å². The molecule has 104 valence electrons. The summed E-state index contributed by atoms with van der Waals surface area (Å²) in [5.41, 5.74) is 2.32. The molecule has 0 saturated carbocycles. The fourth-order valence-corrected chi connectivity index (χ4v) is 2.06. The molecule has 0 saturated heterocycles. The van der Waals surface area contributed by atoms with Crippen LogP contribution >= 0.6 is 0 Å². The molecule has 0 bridgehead atoms. The molecule has 0 aliphatic carbocycles. The minimum Gasteiger partial charge on any atom is -0.395 e. The van der Waals surface area contributed by atoms with Crippen LogP contribution in [-0.4, -0.2) is 34.0 Å². The van der Waals surface area contributed by atoms with Crippen molar-refractivity contribution in [2.45, 2.75) is 13.5 Å². The van der Waals surface area contributed by atoms with Gasteiger partial charge in [0.2, 0.25) is 0 Å². The maximum Gasteiger partial charge on any atom is 0.256 e. The highest BCUT2D eigenvalue weighted by molar-refractivity contribution is 5.95. The van der Waals surface area contributed by atoms with Crippen molar-refractivity contribution in [3.05, 3.63) is 65.5 Å². The van der Waals surface area contributed by atoms with Crippen LogP contribution in [0.5, 0.6) is 0 Å². The lowest BCUT2D eigenvalue weighted by molar-refractivity contribution is 0.0706. The normalized spacial score (nSPS) is 10.3. The van der Waals surface area contributed by atoms with Crippen molar-refractivity contribution in [1.82, 2.24) is 9.88 Å². The van der Waals surface area contributed by atoms with Crippen LogP contribution in [0.2, 0.25) is 0 Å².